The van der Waals surface area contributed by atoms with Gasteiger partial charge < -0.3 is 14.9 Å². The van der Waals surface area contributed by atoms with Crippen LogP contribution >= 0.6 is 0 Å². The van der Waals surface area contributed by atoms with Gasteiger partial charge in [-0.25, -0.2) is 14.5 Å². The highest BCUT2D eigenvalue weighted by Crippen LogP contribution is 2.42. The topological polar surface area (TPSA) is 91.6 Å². The Morgan fingerprint density at radius 3 is 2.46 bits per heavy atom. The Morgan fingerprint density at radius 1 is 0.957 bits per heavy atom. The minimum Gasteiger partial charge on any atom is -0.478 e. The normalized spacial score (nSPS) is 18.2. The van der Waals surface area contributed by atoms with Crippen molar-refractivity contribution in [2.24, 2.45) is 5.92 Å². The summed E-state index contributed by atoms with van der Waals surface area (Å²) in [6.45, 7) is 9.06. The molecule has 2 aliphatic heterocycles. The second-order valence-electron chi connectivity index (χ2n) is 13.2. The second-order valence-corrected chi connectivity index (χ2v) is 13.2. The fourth-order valence-electron chi connectivity index (χ4n) is 7.62. The number of carbonyl (C=O) groups is 2. The van der Waals surface area contributed by atoms with Crippen LogP contribution in [-0.2, 0) is 30.6 Å². The maximum Gasteiger partial charge on any atom is 0.339 e. The number of hydrogen-bond acceptors (Lipinski definition) is 5. The number of amides is 1. The highest BCUT2D eigenvalue weighted by Gasteiger charge is 2.35. The lowest BCUT2D eigenvalue weighted by atomic mass is 9.85. The van der Waals surface area contributed by atoms with Gasteiger partial charge in [-0.2, -0.15) is 5.10 Å². The highest BCUT2D eigenvalue weighted by atomic mass is 16.4. The number of hydrogen-bond donors (Lipinski definition) is 1. The largest absolute Gasteiger partial charge is 0.478 e. The molecule has 4 heterocycles. The maximum absolute atomic E-state index is 12.6. The number of carbonyl (C=O) groups excluding carboxylic acids is 1. The van der Waals surface area contributed by atoms with Crippen LogP contribution in [0.5, 0.6) is 0 Å². The lowest BCUT2D eigenvalue weighted by Gasteiger charge is -2.33. The number of nitrogens with zero attached hydrogens (tertiary/aromatic N) is 5. The van der Waals surface area contributed by atoms with E-state index in [0.717, 1.165) is 69.4 Å². The van der Waals surface area contributed by atoms with E-state index >= 15 is 0 Å². The molecule has 7 rings (SSSR count). The number of aromatic nitrogens is 3. The summed E-state index contributed by atoms with van der Waals surface area (Å²) in [6.07, 6.45) is 8.16. The van der Waals surface area contributed by atoms with Crippen LogP contribution in [0.1, 0.15) is 90.7 Å². The zero-order valence-corrected chi connectivity index (χ0v) is 27.1. The lowest BCUT2D eigenvalue weighted by Crippen LogP contribution is -2.38. The fourth-order valence-corrected chi connectivity index (χ4v) is 7.62. The first kappa shape index (κ1) is 30.2. The standard InChI is InChI=1S/C38H43N5O3/c1-4-26-21-25(12-15-30(26)27-16-18-41(19-17-27)37(44)28-13-14-28)23-42-24(3)20-29-8-6-9-31(36(29)42)33-10-7-11-35(40-33)43-34(5-2)32(22-39-43)38(45)46/h6-12,15,21-22,24,27-28H,4-5,13-14,16-20,23H2,1-3H3,(H,45,46). The molecule has 1 saturated carbocycles. The third kappa shape index (κ3) is 5.59. The van der Waals surface area contributed by atoms with Gasteiger partial charge in [0.15, 0.2) is 5.82 Å². The maximum atomic E-state index is 12.6. The van der Waals surface area contributed by atoms with E-state index in [4.69, 9.17) is 4.98 Å². The van der Waals surface area contributed by atoms with Gasteiger partial charge >= 0.3 is 5.97 Å². The molecule has 2 fully saturated rings. The van der Waals surface area contributed by atoms with E-state index in [1.807, 2.05) is 25.1 Å². The molecule has 4 aromatic rings. The Morgan fingerprint density at radius 2 is 1.74 bits per heavy atom. The molecule has 238 valence electrons. The van der Waals surface area contributed by atoms with Crippen molar-refractivity contribution in [1.82, 2.24) is 19.7 Å². The van der Waals surface area contributed by atoms with E-state index in [1.165, 1.54) is 34.1 Å². The minimum absolute atomic E-state index is 0.210. The molecule has 46 heavy (non-hydrogen) atoms. The average Bonchev–Trinajstić information content (AvgIpc) is 3.76. The van der Waals surface area contributed by atoms with Crippen LogP contribution in [0.3, 0.4) is 0 Å². The third-order valence-corrected chi connectivity index (χ3v) is 10.2. The molecule has 1 aliphatic carbocycles. The summed E-state index contributed by atoms with van der Waals surface area (Å²) in [6, 6.07) is 19.8. The Balaban J connectivity index is 1.15. The molecule has 8 heteroatoms. The number of para-hydroxylation sites is 1. The molecule has 2 aromatic carbocycles. The molecule has 2 aromatic heterocycles. The number of carboxylic acids is 1. The molecule has 0 radical (unpaired) electrons. The lowest BCUT2D eigenvalue weighted by molar-refractivity contribution is -0.133. The molecule has 1 N–H and O–H groups in total. The number of aromatic carboxylic acids is 1. The number of carboxylic acid groups (broad SMARTS) is 1. The minimum atomic E-state index is -0.977. The van der Waals surface area contributed by atoms with Crippen molar-refractivity contribution in [1.29, 1.82) is 0 Å². The highest BCUT2D eigenvalue weighted by molar-refractivity contribution is 5.89. The molecule has 3 aliphatic rings. The van der Waals surface area contributed by atoms with Gasteiger partial charge in [0.2, 0.25) is 5.91 Å². The van der Waals surface area contributed by atoms with Crippen LogP contribution in [0.4, 0.5) is 5.69 Å². The van der Waals surface area contributed by atoms with Gasteiger partial charge in [0.1, 0.15) is 5.56 Å². The third-order valence-electron chi connectivity index (χ3n) is 10.2. The van der Waals surface area contributed by atoms with E-state index in [-0.39, 0.29) is 5.56 Å². The average molecular weight is 618 g/mol. The van der Waals surface area contributed by atoms with E-state index in [1.54, 1.807) is 4.68 Å². The first-order chi connectivity index (χ1) is 22.4. The summed E-state index contributed by atoms with van der Waals surface area (Å²) in [7, 11) is 0. The number of pyridine rings is 1. The molecule has 1 amide bonds. The molecule has 0 bridgehead atoms. The van der Waals surface area contributed by atoms with E-state index in [0.29, 0.717) is 41.7 Å². The van der Waals surface area contributed by atoms with Gasteiger partial charge in [0.05, 0.1) is 23.3 Å². The van der Waals surface area contributed by atoms with Gasteiger partial charge in [-0.05, 0) is 92.2 Å². The van der Waals surface area contributed by atoms with E-state index < -0.39 is 5.97 Å². The van der Waals surface area contributed by atoms with Crippen LogP contribution < -0.4 is 4.90 Å². The molecule has 1 atom stereocenters. The van der Waals surface area contributed by atoms with Crippen molar-refractivity contribution in [3.05, 3.63) is 94.3 Å². The van der Waals surface area contributed by atoms with Crippen LogP contribution in [0, 0.1) is 5.92 Å². The summed E-state index contributed by atoms with van der Waals surface area (Å²) in [5, 5.41) is 14.0. The summed E-state index contributed by atoms with van der Waals surface area (Å²) in [4.78, 5) is 34.0. The smallest absolute Gasteiger partial charge is 0.339 e. The predicted molar refractivity (Wildman–Crippen MR) is 180 cm³/mol. The number of fused-ring (bicyclic) bond motifs is 1. The van der Waals surface area contributed by atoms with Gasteiger partial charge in [0, 0.05) is 37.2 Å². The monoisotopic (exact) mass is 617 g/mol. The Kier molecular flexibility index (Phi) is 8.13. The van der Waals surface area contributed by atoms with Gasteiger partial charge in [0.25, 0.3) is 0 Å². The molecule has 1 saturated heterocycles. The van der Waals surface area contributed by atoms with Crippen molar-refractivity contribution < 1.29 is 14.7 Å². The van der Waals surface area contributed by atoms with E-state index in [9.17, 15) is 14.7 Å². The van der Waals surface area contributed by atoms with Gasteiger partial charge in [-0.15, -0.1) is 0 Å². The number of benzene rings is 2. The fraction of sp³-hybridized carbons (Fsp3) is 0.421. The zero-order valence-electron chi connectivity index (χ0n) is 27.1. The molecule has 8 nitrogen and oxygen atoms in total. The van der Waals surface area contributed by atoms with Crippen molar-refractivity contribution in [2.75, 3.05) is 18.0 Å². The van der Waals surface area contributed by atoms with Crippen LogP contribution in [0.25, 0.3) is 17.1 Å². The summed E-state index contributed by atoms with van der Waals surface area (Å²) in [5.74, 6) is 0.832. The molecular formula is C38H43N5O3. The van der Waals surface area contributed by atoms with Crippen molar-refractivity contribution in [2.45, 2.75) is 84.2 Å². The van der Waals surface area contributed by atoms with Crippen molar-refractivity contribution >= 4 is 17.6 Å². The van der Waals surface area contributed by atoms with Gasteiger partial charge in [-0.1, -0.05) is 56.3 Å². The van der Waals surface area contributed by atoms with E-state index in [2.05, 4.69) is 65.1 Å². The van der Waals surface area contributed by atoms with Crippen molar-refractivity contribution in [3.8, 4) is 17.1 Å². The summed E-state index contributed by atoms with van der Waals surface area (Å²) >= 11 is 0. The SMILES string of the molecule is CCc1cc(CN2c3c(cccc3-c3cccc(-n4ncc(C(=O)O)c4CC)n3)CC2C)ccc1C1CCN(C(=O)C2CC2)CC1. The number of piperidine rings is 1. The Labute approximate surface area is 271 Å². The number of rotatable bonds is 9. The van der Waals surface area contributed by atoms with Crippen molar-refractivity contribution in [3.63, 3.8) is 0 Å². The Hall–Kier alpha value is -4.46. The van der Waals surface area contributed by atoms with Crippen LogP contribution in [-0.4, -0.2) is 55.8 Å². The zero-order chi connectivity index (χ0) is 31.9. The molecule has 0 spiro atoms. The number of likely N-dealkylation sites (tertiary alicyclic amines) is 1. The van der Waals surface area contributed by atoms with Gasteiger partial charge in [-0.3, -0.25) is 4.79 Å². The van der Waals surface area contributed by atoms with Crippen LogP contribution in [0.15, 0.2) is 60.8 Å². The van der Waals surface area contributed by atoms with Crippen LogP contribution in [0.2, 0.25) is 0 Å². The predicted octanol–water partition coefficient (Wildman–Crippen LogP) is 6.82. The summed E-state index contributed by atoms with van der Waals surface area (Å²) < 4.78 is 1.65. The molecule has 1 unspecified atom stereocenters. The first-order valence-electron chi connectivity index (χ1n) is 16.9. The summed E-state index contributed by atoms with van der Waals surface area (Å²) in [5.41, 5.74) is 9.49. The second kappa shape index (κ2) is 12.4. The Bertz CT molecular complexity index is 1780. The number of anilines is 1. The first-order valence-corrected chi connectivity index (χ1v) is 16.9. The number of aryl methyl sites for hydroxylation is 1. The molecular weight excluding hydrogens is 574 g/mol. The quantitative estimate of drug-likeness (QED) is 0.222.